The maximum Gasteiger partial charge on any atom is 0.303 e. The number of carbonyl (C=O) groups excluding carboxylic acids is 4. The van der Waals surface area contributed by atoms with Crippen LogP contribution in [-0.2, 0) is 32.3 Å². The first kappa shape index (κ1) is 29.4. The van der Waals surface area contributed by atoms with Crippen molar-refractivity contribution in [2.45, 2.75) is 50.9 Å². The normalized spacial score (nSPS) is 15.0. The smallest absolute Gasteiger partial charge is 0.303 e. The van der Waals surface area contributed by atoms with E-state index < -0.39 is 35.8 Å². The van der Waals surface area contributed by atoms with Crippen LogP contribution in [0.4, 0.5) is 11.4 Å². The summed E-state index contributed by atoms with van der Waals surface area (Å²) in [6.45, 7) is 0.349. The predicted octanol–water partition coefficient (Wildman–Crippen LogP) is -0.113. The molecule has 2 aromatic rings. The van der Waals surface area contributed by atoms with E-state index in [2.05, 4.69) is 0 Å². The van der Waals surface area contributed by atoms with Crippen molar-refractivity contribution < 1.29 is 39.0 Å². The number of nitrogen functional groups attached to an aromatic ring is 2. The van der Waals surface area contributed by atoms with Crippen LogP contribution in [0.25, 0.3) is 0 Å². The molecule has 0 saturated heterocycles. The highest BCUT2D eigenvalue weighted by Crippen LogP contribution is 2.31. The van der Waals surface area contributed by atoms with Gasteiger partial charge in [-0.05, 0) is 37.1 Å². The summed E-state index contributed by atoms with van der Waals surface area (Å²) in [4.78, 5) is 71.3. The Hall–Kier alpha value is -5.14. The number of rotatable bonds is 10. The Balaban J connectivity index is 0.000000220. The molecule has 4 rings (SSSR count). The number of nitrogens with two attached hydrogens (primary N) is 4. The topological polar surface area (TPSA) is 253 Å². The molecule has 40 heavy (non-hydrogen) atoms. The number of aliphatic carboxylic acids is 2. The van der Waals surface area contributed by atoms with Crippen LogP contribution in [-0.4, -0.2) is 67.7 Å². The lowest BCUT2D eigenvalue weighted by Gasteiger charge is -2.24. The van der Waals surface area contributed by atoms with Crippen LogP contribution in [0.5, 0.6) is 0 Å². The maximum atomic E-state index is 12.3. The minimum absolute atomic E-state index is 0.00962. The average Bonchev–Trinajstić information content (AvgIpc) is 3.38. The van der Waals surface area contributed by atoms with E-state index in [1.807, 2.05) is 0 Å². The van der Waals surface area contributed by atoms with Gasteiger partial charge in [-0.15, -0.1) is 0 Å². The third kappa shape index (κ3) is 6.28. The fourth-order valence-electron chi connectivity index (χ4n) is 4.68. The van der Waals surface area contributed by atoms with Gasteiger partial charge in [-0.2, -0.15) is 0 Å². The number of amides is 4. The van der Waals surface area contributed by atoms with Crippen molar-refractivity contribution in [1.82, 2.24) is 9.80 Å². The maximum absolute atomic E-state index is 12.3. The minimum Gasteiger partial charge on any atom is -0.481 e. The zero-order valence-electron chi connectivity index (χ0n) is 21.4. The first-order valence-corrected chi connectivity index (χ1v) is 12.2. The van der Waals surface area contributed by atoms with Crippen molar-refractivity contribution in [1.29, 1.82) is 0 Å². The van der Waals surface area contributed by atoms with E-state index >= 15 is 0 Å². The van der Waals surface area contributed by atoms with E-state index in [0.29, 0.717) is 33.6 Å². The van der Waals surface area contributed by atoms with E-state index in [1.54, 1.807) is 36.4 Å². The standard InChI is InChI=1S/2C13H15N3O4/c2*14-9-3-1-2-7-8(9)6-16(13(7)20)10(12(15)19)4-5-11(17)18/h2*1-3,10H,4-6,14H2,(H2,15,19)(H,17,18). The molecule has 4 amide bonds. The van der Waals surface area contributed by atoms with Crippen molar-refractivity contribution >= 4 is 46.9 Å². The molecule has 2 aliphatic heterocycles. The number of anilines is 2. The monoisotopic (exact) mass is 554 g/mol. The Labute approximate surface area is 228 Å². The Bertz CT molecular complexity index is 1270. The number of carboxylic acids is 2. The molecule has 10 N–H and O–H groups in total. The number of carbonyl (C=O) groups is 6. The van der Waals surface area contributed by atoms with Gasteiger partial charge >= 0.3 is 11.9 Å². The molecule has 0 radical (unpaired) electrons. The van der Waals surface area contributed by atoms with Gasteiger partial charge in [0.2, 0.25) is 11.8 Å². The zero-order valence-corrected chi connectivity index (χ0v) is 21.4. The van der Waals surface area contributed by atoms with Crippen LogP contribution in [0.3, 0.4) is 0 Å². The highest BCUT2D eigenvalue weighted by Gasteiger charge is 2.37. The second kappa shape index (κ2) is 12.1. The summed E-state index contributed by atoms with van der Waals surface area (Å²) in [7, 11) is 0. The molecule has 212 valence electrons. The van der Waals surface area contributed by atoms with Crippen molar-refractivity contribution in [3.05, 3.63) is 58.7 Å². The largest absolute Gasteiger partial charge is 0.481 e. The third-order valence-electron chi connectivity index (χ3n) is 6.74. The molecule has 0 aliphatic carbocycles. The van der Waals surface area contributed by atoms with Crippen LogP contribution < -0.4 is 22.9 Å². The molecule has 0 fully saturated rings. The quantitative estimate of drug-likeness (QED) is 0.212. The molecule has 0 bridgehead atoms. The molecule has 0 saturated carbocycles. The van der Waals surface area contributed by atoms with E-state index in [9.17, 15) is 28.8 Å². The molecule has 2 heterocycles. The third-order valence-corrected chi connectivity index (χ3v) is 6.74. The Kier molecular flexibility index (Phi) is 8.93. The minimum atomic E-state index is -1.04. The van der Waals surface area contributed by atoms with Gasteiger partial charge in [0.25, 0.3) is 11.8 Å². The molecule has 2 aromatic carbocycles. The van der Waals surface area contributed by atoms with Gasteiger partial charge in [0, 0.05) is 59.6 Å². The molecule has 14 nitrogen and oxygen atoms in total. The van der Waals surface area contributed by atoms with Gasteiger partial charge in [0.1, 0.15) is 12.1 Å². The lowest BCUT2D eigenvalue weighted by atomic mass is 10.1. The van der Waals surface area contributed by atoms with Gasteiger partial charge in [-0.3, -0.25) is 28.8 Å². The lowest BCUT2D eigenvalue weighted by Crippen LogP contribution is -2.45. The van der Waals surface area contributed by atoms with Crippen LogP contribution in [0, 0.1) is 0 Å². The Morgan fingerprint density at radius 2 is 1.05 bits per heavy atom. The SMILES string of the molecule is NC(=O)C(CCC(=O)O)N1Cc2c(N)cccc2C1=O.NC(=O)C(CCC(=O)O)N1Cc2c(N)cccc2C1=O. The molecule has 2 unspecified atom stereocenters. The second-order valence-electron chi connectivity index (χ2n) is 9.31. The summed E-state index contributed by atoms with van der Waals surface area (Å²) >= 11 is 0. The molecule has 0 spiro atoms. The number of fused-ring (bicyclic) bond motifs is 2. The number of primary amides is 2. The number of hydrogen-bond donors (Lipinski definition) is 6. The number of carboxylic acid groups (broad SMARTS) is 2. The van der Waals surface area contributed by atoms with Crippen molar-refractivity contribution in [3.63, 3.8) is 0 Å². The fraction of sp³-hybridized carbons (Fsp3) is 0.308. The zero-order chi connectivity index (χ0) is 29.7. The highest BCUT2D eigenvalue weighted by molar-refractivity contribution is 6.03. The van der Waals surface area contributed by atoms with Crippen LogP contribution in [0.2, 0.25) is 0 Å². The van der Waals surface area contributed by atoms with Crippen LogP contribution in [0.15, 0.2) is 36.4 Å². The first-order chi connectivity index (χ1) is 18.8. The highest BCUT2D eigenvalue weighted by atomic mass is 16.4. The number of hydrogen-bond acceptors (Lipinski definition) is 8. The lowest BCUT2D eigenvalue weighted by molar-refractivity contribution is -0.138. The van der Waals surface area contributed by atoms with Crippen molar-refractivity contribution in [2.24, 2.45) is 11.5 Å². The molecule has 2 aliphatic rings. The molecular formula is C26H30N6O8. The van der Waals surface area contributed by atoms with Crippen LogP contribution in [0.1, 0.15) is 57.5 Å². The summed E-state index contributed by atoms with van der Waals surface area (Å²) in [5.41, 5.74) is 25.3. The molecule has 0 aromatic heterocycles. The predicted molar refractivity (Wildman–Crippen MR) is 141 cm³/mol. The van der Waals surface area contributed by atoms with E-state index in [-0.39, 0.29) is 50.6 Å². The number of nitrogens with zero attached hydrogens (tertiary/aromatic N) is 2. The average molecular weight is 555 g/mol. The van der Waals surface area contributed by atoms with E-state index in [1.165, 1.54) is 9.80 Å². The van der Waals surface area contributed by atoms with Gasteiger partial charge in [-0.1, -0.05) is 12.1 Å². The summed E-state index contributed by atoms with van der Waals surface area (Å²) in [6.07, 6.45) is -0.485. The van der Waals surface area contributed by atoms with Gasteiger partial charge in [0.15, 0.2) is 0 Å². The van der Waals surface area contributed by atoms with Crippen molar-refractivity contribution in [3.8, 4) is 0 Å². The van der Waals surface area contributed by atoms with Gasteiger partial charge in [-0.25, -0.2) is 0 Å². The number of benzene rings is 2. The Morgan fingerprint density at radius 3 is 1.32 bits per heavy atom. The van der Waals surface area contributed by atoms with E-state index in [0.717, 1.165) is 0 Å². The summed E-state index contributed by atoms with van der Waals surface area (Å²) in [5, 5.41) is 17.4. The fourth-order valence-corrected chi connectivity index (χ4v) is 4.68. The Morgan fingerprint density at radius 1 is 0.700 bits per heavy atom. The van der Waals surface area contributed by atoms with E-state index in [4.69, 9.17) is 33.1 Å². The summed E-state index contributed by atoms with van der Waals surface area (Å²) in [5.74, 6) is -4.21. The first-order valence-electron chi connectivity index (χ1n) is 12.2. The second-order valence-corrected chi connectivity index (χ2v) is 9.31. The van der Waals surface area contributed by atoms with Gasteiger partial charge in [0.05, 0.1) is 0 Å². The summed E-state index contributed by atoms with van der Waals surface area (Å²) < 4.78 is 0. The van der Waals surface area contributed by atoms with Crippen molar-refractivity contribution in [2.75, 3.05) is 11.5 Å². The van der Waals surface area contributed by atoms with Crippen LogP contribution >= 0.6 is 0 Å². The van der Waals surface area contributed by atoms with Gasteiger partial charge < -0.3 is 42.9 Å². The molecular weight excluding hydrogens is 524 g/mol. The summed E-state index contributed by atoms with van der Waals surface area (Å²) in [6, 6.07) is 8.04. The molecule has 14 heteroatoms. The molecule has 2 atom stereocenters.